The van der Waals surface area contributed by atoms with E-state index in [0.29, 0.717) is 0 Å². The van der Waals surface area contributed by atoms with Crippen LogP contribution in [0.1, 0.15) is 20.8 Å². The van der Waals surface area contributed by atoms with Crippen LogP contribution in [0.2, 0.25) is 0 Å². The minimum atomic E-state index is -1.05. The van der Waals surface area contributed by atoms with E-state index in [9.17, 15) is 9.90 Å². The number of carbonyl (C=O) groups is 1. The van der Waals surface area contributed by atoms with E-state index in [1.54, 1.807) is 20.8 Å². The molecule has 1 rings (SSSR count). The maximum atomic E-state index is 11.1. The minimum Gasteiger partial charge on any atom is -0.463 e. The molecule has 0 bridgehead atoms. The lowest BCUT2D eigenvalue weighted by Gasteiger charge is -2.19. The molecule has 1 aliphatic rings. The van der Waals surface area contributed by atoms with Crippen LogP contribution < -0.4 is 0 Å². The number of aliphatic hydroxyl groups excluding tert-OH is 2. The molecule has 1 fully saturated rings. The number of carbonyl (C=O) groups excluding carboxylic acids is 1. The van der Waals surface area contributed by atoms with Gasteiger partial charge < -0.3 is 24.4 Å². The first kappa shape index (κ1) is 15.1. The Labute approximate surface area is 106 Å². The molecule has 0 amide bonds. The summed E-state index contributed by atoms with van der Waals surface area (Å²) in [6.45, 7) is 5.09. The van der Waals surface area contributed by atoms with E-state index in [0.717, 1.165) is 6.08 Å². The topological polar surface area (TPSA) is 85.2 Å². The quantitative estimate of drug-likeness (QED) is 0.534. The highest BCUT2D eigenvalue weighted by Crippen LogP contribution is 2.30. The third-order valence-electron chi connectivity index (χ3n) is 2.45. The molecule has 0 aromatic heterocycles. The SMILES string of the molecule is CCOC(=O)/C=C/[C@@H](O)[C@@H]1OC(C)(C)O[C@@H]1CO. The predicted molar refractivity (Wildman–Crippen MR) is 62.7 cm³/mol. The molecule has 0 spiro atoms. The van der Waals surface area contributed by atoms with E-state index in [4.69, 9.17) is 19.3 Å². The van der Waals surface area contributed by atoms with Crippen LogP contribution >= 0.6 is 0 Å². The van der Waals surface area contributed by atoms with Crippen LogP contribution in [0.25, 0.3) is 0 Å². The van der Waals surface area contributed by atoms with Gasteiger partial charge in [0, 0.05) is 6.08 Å². The van der Waals surface area contributed by atoms with Crippen LogP contribution in [0, 0.1) is 0 Å². The fourth-order valence-corrected chi connectivity index (χ4v) is 1.77. The van der Waals surface area contributed by atoms with E-state index in [1.807, 2.05) is 0 Å². The highest BCUT2D eigenvalue weighted by molar-refractivity contribution is 5.81. The molecule has 0 radical (unpaired) electrons. The van der Waals surface area contributed by atoms with Gasteiger partial charge in [-0.15, -0.1) is 0 Å². The second-order valence-corrected chi connectivity index (χ2v) is 4.42. The molecule has 6 heteroatoms. The molecule has 2 N–H and O–H groups in total. The average Bonchev–Trinajstić information content (AvgIpc) is 2.62. The molecule has 3 atom stereocenters. The first-order valence-electron chi connectivity index (χ1n) is 5.89. The summed E-state index contributed by atoms with van der Waals surface area (Å²) in [5.74, 6) is -1.40. The van der Waals surface area contributed by atoms with Crippen LogP contribution in [0.15, 0.2) is 12.2 Å². The summed E-state index contributed by atoms with van der Waals surface area (Å²) in [7, 11) is 0. The van der Waals surface area contributed by atoms with Crippen LogP contribution in [-0.2, 0) is 19.0 Å². The Morgan fingerprint density at radius 3 is 2.72 bits per heavy atom. The summed E-state index contributed by atoms with van der Waals surface area (Å²) >= 11 is 0. The van der Waals surface area contributed by atoms with Crippen molar-refractivity contribution in [3.05, 3.63) is 12.2 Å². The molecule has 1 saturated heterocycles. The Kier molecular flexibility index (Phi) is 5.28. The summed E-state index contributed by atoms with van der Waals surface area (Å²) in [6.07, 6.45) is 0.0266. The van der Waals surface area contributed by atoms with Gasteiger partial charge in [0.25, 0.3) is 0 Å². The van der Waals surface area contributed by atoms with E-state index in [-0.39, 0.29) is 13.2 Å². The van der Waals surface area contributed by atoms with E-state index >= 15 is 0 Å². The summed E-state index contributed by atoms with van der Waals surface area (Å²) in [6, 6.07) is 0. The van der Waals surface area contributed by atoms with Gasteiger partial charge in [-0.2, -0.15) is 0 Å². The Morgan fingerprint density at radius 2 is 2.17 bits per heavy atom. The third-order valence-corrected chi connectivity index (χ3v) is 2.45. The fourth-order valence-electron chi connectivity index (χ4n) is 1.77. The zero-order valence-corrected chi connectivity index (χ0v) is 10.8. The van der Waals surface area contributed by atoms with Crippen molar-refractivity contribution in [1.29, 1.82) is 0 Å². The van der Waals surface area contributed by atoms with E-state index in [1.165, 1.54) is 6.08 Å². The van der Waals surface area contributed by atoms with Gasteiger partial charge in [0.2, 0.25) is 0 Å². The van der Waals surface area contributed by atoms with Crippen molar-refractivity contribution in [2.75, 3.05) is 13.2 Å². The molecule has 0 unspecified atom stereocenters. The van der Waals surface area contributed by atoms with Gasteiger partial charge in [0.05, 0.1) is 13.2 Å². The van der Waals surface area contributed by atoms with E-state index in [2.05, 4.69) is 0 Å². The summed E-state index contributed by atoms with van der Waals surface area (Å²) in [5.41, 5.74) is 0. The summed E-state index contributed by atoms with van der Waals surface area (Å²) in [4.78, 5) is 11.1. The van der Waals surface area contributed by atoms with Crippen molar-refractivity contribution in [3.63, 3.8) is 0 Å². The van der Waals surface area contributed by atoms with Gasteiger partial charge >= 0.3 is 5.97 Å². The smallest absolute Gasteiger partial charge is 0.330 e. The molecule has 0 aromatic rings. The number of hydrogen-bond acceptors (Lipinski definition) is 6. The lowest BCUT2D eigenvalue weighted by molar-refractivity contribution is -0.154. The normalized spacial score (nSPS) is 28.5. The van der Waals surface area contributed by atoms with Gasteiger partial charge in [-0.25, -0.2) is 4.79 Å². The number of hydrogen-bond donors (Lipinski definition) is 2. The molecule has 0 aromatic carbocycles. The Morgan fingerprint density at radius 1 is 1.50 bits per heavy atom. The molecule has 18 heavy (non-hydrogen) atoms. The van der Waals surface area contributed by atoms with Crippen molar-refractivity contribution in [2.24, 2.45) is 0 Å². The van der Waals surface area contributed by atoms with Gasteiger partial charge in [0.1, 0.15) is 18.3 Å². The van der Waals surface area contributed by atoms with Gasteiger partial charge in [-0.1, -0.05) is 0 Å². The first-order chi connectivity index (χ1) is 8.39. The van der Waals surface area contributed by atoms with Crippen LogP contribution in [0.5, 0.6) is 0 Å². The van der Waals surface area contributed by atoms with Crippen molar-refractivity contribution in [2.45, 2.75) is 44.9 Å². The minimum absolute atomic E-state index is 0.265. The largest absolute Gasteiger partial charge is 0.463 e. The molecular weight excluding hydrogens is 240 g/mol. The lowest BCUT2D eigenvalue weighted by Crippen LogP contribution is -2.36. The summed E-state index contributed by atoms with van der Waals surface area (Å²) < 4.78 is 15.6. The monoisotopic (exact) mass is 260 g/mol. The molecule has 104 valence electrons. The Balaban J connectivity index is 2.60. The van der Waals surface area contributed by atoms with Crippen molar-refractivity contribution in [1.82, 2.24) is 0 Å². The lowest BCUT2D eigenvalue weighted by atomic mass is 10.1. The molecule has 1 heterocycles. The number of rotatable bonds is 5. The second kappa shape index (κ2) is 6.29. The summed E-state index contributed by atoms with van der Waals surface area (Å²) in [5, 5.41) is 19.0. The Bertz CT molecular complexity index is 312. The van der Waals surface area contributed by atoms with Crippen LogP contribution in [-0.4, -0.2) is 53.5 Å². The van der Waals surface area contributed by atoms with Crippen LogP contribution in [0.4, 0.5) is 0 Å². The maximum absolute atomic E-state index is 11.1. The number of ether oxygens (including phenoxy) is 3. The van der Waals surface area contributed by atoms with Crippen molar-refractivity contribution >= 4 is 5.97 Å². The van der Waals surface area contributed by atoms with Crippen LogP contribution in [0.3, 0.4) is 0 Å². The molecule has 1 aliphatic heterocycles. The molecular formula is C12H20O6. The van der Waals surface area contributed by atoms with Gasteiger partial charge in [0.15, 0.2) is 5.79 Å². The zero-order chi connectivity index (χ0) is 13.8. The highest BCUT2D eigenvalue weighted by atomic mass is 16.8. The van der Waals surface area contributed by atoms with Crippen molar-refractivity contribution < 1.29 is 29.2 Å². The first-order valence-corrected chi connectivity index (χ1v) is 5.89. The molecule has 0 aliphatic carbocycles. The maximum Gasteiger partial charge on any atom is 0.330 e. The van der Waals surface area contributed by atoms with Gasteiger partial charge in [-0.3, -0.25) is 0 Å². The zero-order valence-electron chi connectivity index (χ0n) is 10.8. The Hall–Kier alpha value is -0.950. The molecule has 6 nitrogen and oxygen atoms in total. The molecule has 0 saturated carbocycles. The third kappa shape index (κ3) is 4.06. The number of aliphatic hydroxyl groups is 2. The second-order valence-electron chi connectivity index (χ2n) is 4.42. The van der Waals surface area contributed by atoms with E-state index < -0.39 is 30.1 Å². The van der Waals surface area contributed by atoms with Crippen molar-refractivity contribution in [3.8, 4) is 0 Å². The van der Waals surface area contributed by atoms with Gasteiger partial charge in [-0.05, 0) is 26.8 Å². The fraction of sp³-hybridized carbons (Fsp3) is 0.750. The highest BCUT2D eigenvalue weighted by Gasteiger charge is 2.43. The predicted octanol–water partition coefficient (Wildman–Crippen LogP) is -0.0210. The average molecular weight is 260 g/mol. The standard InChI is InChI=1S/C12H20O6/c1-4-16-10(15)6-5-8(14)11-9(7-13)17-12(2,3)18-11/h5-6,8-9,11,13-14H,4,7H2,1-3H3/b6-5+/t8-,9-,11+/m1/s1. The number of esters is 1.